The first kappa shape index (κ1) is 29.6. The van der Waals surface area contributed by atoms with Crippen LogP contribution in [-0.2, 0) is 14.3 Å². The Morgan fingerprint density at radius 2 is 1.85 bits per heavy atom. The minimum absolute atomic E-state index is 0.0816. The van der Waals surface area contributed by atoms with Crippen LogP contribution < -0.4 is 10.2 Å². The lowest BCUT2D eigenvalue weighted by molar-refractivity contribution is -0.151. The van der Waals surface area contributed by atoms with Crippen LogP contribution >= 0.6 is 50.7 Å². The van der Waals surface area contributed by atoms with Gasteiger partial charge in [-0.25, -0.2) is 4.98 Å². The monoisotopic (exact) mass is 653 g/mol. The van der Waals surface area contributed by atoms with Crippen molar-refractivity contribution in [3.05, 3.63) is 66.6 Å². The van der Waals surface area contributed by atoms with E-state index in [9.17, 15) is 14.4 Å². The molecule has 1 saturated heterocycles. The number of hydrogen-bond donors (Lipinski definition) is 1. The fourth-order valence-electron chi connectivity index (χ4n) is 5.00. The van der Waals surface area contributed by atoms with E-state index in [0.717, 1.165) is 52.7 Å². The van der Waals surface area contributed by atoms with Gasteiger partial charge in [-0.2, -0.15) is 0 Å². The molecule has 1 aliphatic rings. The van der Waals surface area contributed by atoms with E-state index in [1.54, 1.807) is 12.1 Å². The summed E-state index contributed by atoms with van der Waals surface area (Å²) in [5.41, 5.74) is 2.57. The second-order valence-corrected chi connectivity index (χ2v) is 11.5. The van der Waals surface area contributed by atoms with Crippen molar-refractivity contribution >= 4 is 85.8 Å². The molecule has 2 aromatic carbocycles. The zero-order valence-corrected chi connectivity index (χ0v) is 25.1. The van der Waals surface area contributed by atoms with Gasteiger partial charge >= 0.3 is 12.4 Å². The van der Waals surface area contributed by atoms with Crippen molar-refractivity contribution in [2.75, 3.05) is 24.5 Å². The summed E-state index contributed by atoms with van der Waals surface area (Å²) in [6.45, 7) is 3.91. The van der Waals surface area contributed by atoms with Crippen molar-refractivity contribution in [3.63, 3.8) is 0 Å². The van der Waals surface area contributed by atoms with E-state index in [4.69, 9.17) is 39.8 Å². The van der Waals surface area contributed by atoms with Gasteiger partial charge in [0.15, 0.2) is 0 Å². The van der Waals surface area contributed by atoms with Crippen LogP contribution in [0.1, 0.15) is 59.5 Å². The van der Waals surface area contributed by atoms with Gasteiger partial charge in [0, 0.05) is 52.4 Å². The number of nitrogens with zero attached hydrogens (tertiary/aromatic N) is 2. The van der Waals surface area contributed by atoms with Gasteiger partial charge in [-0.3, -0.25) is 14.4 Å². The van der Waals surface area contributed by atoms with Crippen molar-refractivity contribution in [2.24, 2.45) is 0 Å². The van der Waals surface area contributed by atoms with Crippen LogP contribution in [-0.4, -0.2) is 43.0 Å². The molecule has 0 bridgehead atoms. The normalized spacial score (nSPS) is 14.2. The van der Waals surface area contributed by atoms with Gasteiger partial charge in [0.25, 0.3) is 5.91 Å². The second-order valence-electron chi connectivity index (χ2n) is 9.43. The molecule has 0 aliphatic carbocycles. The van der Waals surface area contributed by atoms with E-state index in [0.29, 0.717) is 21.2 Å². The van der Waals surface area contributed by atoms with Gasteiger partial charge in [0.05, 0.1) is 21.1 Å². The van der Waals surface area contributed by atoms with E-state index in [2.05, 4.69) is 30.9 Å². The summed E-state index contributed by atoms with van der Waals surface area (Å²) in [5.74, 6) is -0.647. The summed E-state index contributed by atoms with van der Waals surface area (Å²) >= 11 is 22.8. The molecule has 1 N–H and O–H groups in total. The fraction of sp³-hybridized carbons (Fsp3) is 0.357. The number of benzene rings is 2. The molecule has 39 heavy (non-hydrogen) atoms. The summed E-state index contributed by atoms with van der Waals surface area (Å²) in [5, 5.41) is 4.66. The number of aromatic nitrogens is 1. The lowest BCUT2D eigenvalue weighted by Gasteiger charge is -2.30. The molecule has 1 amide bonds. The first-order valence-electron chi connectivity index (χ1n) is 12.6. The molecule has 1 aromatic heterocycles. The second kappa shape index (κ2) is 13.3. The van der Waals surface area contributed by atoms with Crippen LogP contribution in [0.3, 0.4) is 0 Å². The minimum atomic E-state index is -0.692. The molecule has 1 unspecified atom stereocenters. The summed E-state index contributed by atoms with van der Waals surface area (Å²) in [4.78, 5) is 43.5. The Labute approximate surface area is 250 Å². The fourth-order valence-corrected chi connectivity index (χ4v) is 6.20. The Morgan fingerprint density at radius 1 is 1.13 bits per heavy atom. The summed E-state index contributed by atoms with van der Waals surface area (Å²) in [6, 6.07) is 8.90. The Kier molecular flexibility index (Phi) is 10.1. The van der Waals surface area contributed by atoms with Crippen LogP contribution in [0.5, 0.6) is 0 Å². The van der Waals surface area contributed by atoms with Crippen molar-refractivity contribution in [2.45, 2.75) is 44.9 Å². The number of hydrogen-bond acceptors (Lipinski definition) is 6. The summed E-state index contributed by atoms with van der Waals surface area (Å²) < 4.78 is 5.27. The maximum atomic E-state index is 13.8. The van der Waals surface area contributed by atoms with E-state index in [-0.39, 0.29) is 36.8 Å². The first-order valence-corrected chi connectivity index (χ1v) is 14.5. The molecule has 1 aliphatic heterocycles. The summed E-state index contributed by atoms with van der Waals surface area (Å²) in [7, 11) is 0. The lowest BCUT2D eigenvalue weighted by Crippen LogP contribution is -2.33. The van der Waals surface area contributed by atoms with E-state index in [1.165, 1.54) is 6.42 Å². The van der Waals surface area contributed by atoms with Gasteiger partial charge in [0.1, 0.15) is 5.82 Å². The Balaban J connectivity index is 1.68. The zero-order chi connectivity index (χ0) is 28.1. The molecular formula is C28H27BrCl3N3O4. The average Bonchev–Trinajstić information content (AvgIpc) is 2.92. The van der Waals surface area contributed by atoms with E-state index >= 15 is 0 Å². The Hall–Kier alpha value is -2.39. The van der Waals surface area contributed by atoms with Crippen LogP contribution in [0.4, 0.5) is 5.82 Å². The highest BCUT2D eigenvalue weighted by molar-refractivity contribution is 9.10. The largest absolute Gasteiger partial charge is 0.395 e. The van der Waals surface area contributed by atoms with Crippen molar-refractivity contribution < 1.29 is 19.1 Å². The minimum Gasteiger partial charge on any atom is -0.395 e. The molecule has 3 aromatic rings. The number of carbonyl (C=O) groups is 3. The molecule has 7 nitrogen and oxygen atoms in total. The van der Waals surface area contributed by atoms with E-state index < -0.39 is 11.9 Å². The van der Waals surface area contributed by atoms with Gasteiger partial charge in [-0.1, -0.05) is 50.7 Å². The number of amides is 1. The van der Waals surface area contributed by atoms with Gasteiger partial charge < -0.3 is 15.0 Å². The number of ether oxygens (including phenoxy) is 1. The molecule has 11 heteroatoms. The topological polar surface area (TPSA) is 88.6 Å². The molecule has 0 saturated carbocycles. The third-order valence-electron chi connectivity index (χ3n) is 6.92. The third kappa shape index (κ3) is 6.85. The van der Waals surface area contributed by atoms with Gasteiger partial charge in [0.2, 0.25) is 0 Å². The quantitative estimate of drug-likeness (QED) is 0.113. The van der Waals surface area contributed by atoms with Crippen LogP contribution in [0.2, 0.25) is 15.1 Å². The van der Waals surface area contributed by atoms with Crippen LogP contribution in [0, 0.1) is 6.92 Å². The number of halogens is 4. The molecule has 1 atom stereocenters. The Bertz CT molecular complexity index is 1410. The van der Waals surface area contributed by atoms with Crippen LogP contribution in [0.15, 0.2) is 34.8 Å². The predicted molar refractivity (Wildman–Crippen MR) is 158 cm³/mol. The molecule has 1 fully saturated rings. The number of nitrogens with one attached hydrogen (secondary N) is 1. The number of esters is 1. The average molecular weight is 656 g/mol. The lowest BCUT2D eigenvalue weighted by atomic mass is 9.93. The Morgan fingerprint density at radius 3 is 2.56 bits per heavy atom. The highest BCUT2D eigenvalue weighted by Crippen LogP contribution is 2.38. The van der Waals surface area contributed by atoms with Crippen LogP contribution in [0.25, 0.3) is 10.9 Å². The molecule has 2 heterocycles. The molecule has 4 rings (SSSR count). The maximum absolute atomic E-state index is 13.8. The highest BCUT2D eigenvalue weighted by Gasteiger charge is 2.26. The number of rotatable bonds is 9. The third-order valence-corrected chi connectivity index (χ3v) is 8.56. The van der Waals surface area contributed by atoms with Crippen molar-refractivity contribution in [3.8, 4) is 0 Å². The number of anilines is 1. The molecular weight excluding hydrogens is 629 g/mol. The molecule has 0 radical (unpaired) electrons. The standard InChI is InChI=1S/C28H27BrCl3N3O4/c1-16-24(19-13-18(29)6-9-22(19)34-27(16)35-11-3-2-4-12-35)28(38)33-14-17(5-10-23(37)39-15-36)25-20(30)7-8-21(31)26(25)32/h6-9,13,15,17H,2-5,10-12,14H2,1H3,(H,33,38). The maximum Gasteiger partial charge on any atom is 0.313 e. The molecule has 206 valence electrons. The number of carbonyl (C=O) groups excluding carboxylic acids is 3. The number of piperidine rings is 1. The van der Waals surface area contributed by atoms with Crippen molar-refractivity contribution in [1.29, 1.82) is 0 Å². The molecule has 0 spiro atoms. The SMILES string of the molecule is Cc1c(N2CCCCC2)nc2ccc(Br)cc2c1C(=O)NCC(CCC(=O)OC=O)c1c(Cl)ccc(Cl)c1Cl. The first-order chi connectivity index (χ1) is 18.7. The van der Waals surface area contributed by atoms with Gasteiger partial charge in [-0.05, 0) is 68.5 Å². The predicted octanol–water partition coefficient (Wildman–Crippen LogP) is 7.25. The summed E-state index contributed by atoms with van der Waals surface area (Å²) in [6.07, 6.45) is 3.47. The number of fused-ring (bicyclic) bond motifs is 1. The smallest absolute Gasteiger partial charge is 0.313 e. The van der Waals surface area contributed by atoms with E-state index in [1.807, 2.05) is 25.1 Å². The zero-order valence-electron chi connectivity index (χ0n) is 21.2. The number of pyridine rings is 1. The van der Waals surface area contributed by atoms with Crippen molar-refractivity contribution in [1.82, 2.24) is 10.3 Å². The highest BCUT2D eigenvalue weighted by atomic mass is 79.9. The van der Waals surface area contributed by atoms with Gasteiger partial charge in [-0.15, -0.1) is 0 Å².